The van der Waals surface area contributed by atoms with Crippen molar-refractivity contribution in [2.45, 2.75) is 44.0 Å². The van der Waals surface area contributed by atoms with Gasteiger partial charge < -0.3 is 9.80 Å². The molecule has 2 aromatic rings. The first-order valence-electron chi connectivity index (χ1n) is 10.7. The lowest BCUT2D eigenvalue weighted by molar-refractivity contribution is -0.143. The second kappa shape index (κ2) is 7.62. The fourth-order valence-electron chi connectivity index (χ4n) is 5.14. The minimum atomic E-state index is -1.15. The third-order valence-electron chi connectivity index (χ3n) is 6.70. The van der Waals surface area contributed by atoms with Gasteiger partial charge >= 0.3 is 0 Å². The lowest BCUT2D eigenvalue weighted by Gasteiger charge is -2.35. The SMILES string of the molecule is Cc1ccc2c(c1)[C@]1(SCCN1C(=O)C1CCCC1)C(=O)N2Cc1c(F)cccc1F. The van der Waals surface area contributed by atoms with E-state index in [-0.39, 0.29) is 29.8 Å². The van der Waals surface area contributed by atoms with Gasteiger partial charge in [0.05, 0.1) is 12.2 Å². The van der Waals surface area contributed by atoms with Crippen molar-refractivity contribution in [2.24, 2.45) is 5.92 Å². The Morgan fingerprint density at radius 3 is 2.58 bits per heavy atom. The number of anilines is 1. The molecule has 31 heavy (non-hydrogen) atoms. The van der Waals surface area contributed by atoms with E-state index >= 15 is 0 Å². The predicted octanol–water partition coefficient (Wildman–Crippen LogP) is 4.74. The molecule has 0 unspecified atom stereocenters. The summed E-state index contributed by atoms with van der Waals surface area (Å²) in [5.41, 5.74) is 2.21. The predicted molar refractivity (Wildman–Crippen MR) is 117 cm³/mol. The van der Waals surface area contributed by atoms with E-state index in [1.807, 2.05) is 25.1 Å². The standard InChI is InChI=1S/C24H24F2N2O2S/c1-15-9-10-21-18(13-15)24(28(11-12-31-24)22(29)16-5-2-3-6-16)23(30)27(21)14-17-19(25)7-4-8-20(17)26/h4,7-10,13,16H,2-3,5-6,11-12,14H2,1H3/t24-/m0/s1. The molecule has 162 valence electrons. The van der Waals surface area contributed by atoms with Gasteiger partial charge in [-0.05, 0) is 38.0 Å². The molecule has 2 aromatic carbocycles. The van der Waals surface area contributed by atoms with Gasteiger partial charge in [0.15, 0.2) is 4.87 Å². The maximum absolute atomic E-state index is 14.4. The minimum absolute atomic E-state index is 0.0298. The van der Waals surface area contributed by atoms with Crippen molar-refractivity contribution in [3.8, 4) is 0 Å². The smallest absolute Gasteiger partial charge is 0.268 e. The molecule has 0 N–H and O–H groups in total. The van der Waals surface area contributed by atoms with E-state index in [0.717, 1.165) is 36.8 Å². The minimum Gasteiger partial charge on any atom is -0.315 e. The van der Waals surface area contributed by atoms with E-state index in [9.17, 15) is 18.4 Å². The van der Waals surface area contributed by atoms with Gasteiger partial charge in [0.25, 0.3) is 5.91 Å². The Morgan fingerprint density at radius 2 is 1.87 bits per heavy atom. The summed E-state index contributed by atoms with van der Waals surface area (Å²) >= 11 is 1.46. The van der Waals surface area contributed by atoms with Crippen molar-refractivity contribution < 1.29 is 18.4 Å². The molecule has 5 rings (SSSR count). The molecule has 1 saturated carbocycles. The van der Waals surface area contributed by atoms with Gasteiger partial charge in [-0.3, -0.25) is 9.59 Å². The first kappa shape index (κ1) is 20.5. The summed E-state index contributed by atoms with van der Waals surface area (Å²) < 4.78 is 28.8. The molecule has 2 amide bonds. The maximum atomic E-state index is 14.4. The number of benzene rings is 2. The molecule has 1 spiro atoms. The quantitative estimate of drug-likeness (QED) is 0.690. The summed E-state index contributed by atoms with van der Waals surface area (Å²) in [5.74, 6) is -1.01. The summed E-state index contributed by atoms with van der Waals surface area (Å²) in [5, 5.41) is 0. The molecule has 3 aliphatic rings. The zero-order valence-electron chi connectivity index (χ0n) is 17.4. The van der Waals surface area contributed by atoms with Crippen LogP contribution in [-0.4, -0.2) is 29.0 Å². The highest BCUT2D eigenvalue weighted by atomic mass is 32.2. The molecule has 0 aromatic heterocycles. The van der Waals surface area contributed by atoms with Gasteiger partial charge in [-0.2, -0.15) is 0 Å². The Hall–Kier alpha value is -2.41. The molecular formula is C24H24F2N2O2S. The Kier molecular flexibility index (Phi) is 5.04. The average Bonchev–Trinajstić information content (AvgIpc) is 3.47. The Bertz CT molecular complexity index is 1050. The van der Waals surface area contributed by atoms with Crippen molar-refractivity contribution in [1.82, 2.24) is 4.90 Å². The van der Waals surface area contributed by atoms with Crippen LogP contribution in [0.3, 0.4) is 0 Å². The first-order valence-corrected chi connectivity index (χ1v) is 11.7. The first-order chi connectivity index (χ1) is 14.9. The number of rotatable bonds is 3. The van der Waals surface area contributed by atoms with E-state index in [0.29, 0.717) is 18.0 Å². The summed E-state index contributed by atoms with van der Waals surface area (Å²) in [6.07, 6.45) is 3.78. The molecule has 1 atom stereocenters. The number of amides is 2. The fourth-order valence-corrected chi connectivity index (χ4v) is 6.60. The number of halogens is 2. The van der Waals surface area contributed by atoms with E-state index in [1.165, 1.54) is 34.9 Å². The number of hydrogen-bond acceptors (Lipinski definition) is 3. The van der Waals surface area contributed by atoms with Crippen LogP contribution in [0, 0.1) is 24.5 Å². The number of nitrogens with zero attached hydrogens (tertiary/aromatic N) is 2. The fraction of sp³-hybridized carbons (Fsp3) is 0.417. The van der Waals surface area contributed by atoms with Crippen LogP contribution in [0.25, 0.3) is 0 Å². The van der Waals surface area contributed by atoms with Gasteiger partial charge in [-0.1, -0.05) is 36.6 Å². The lowest BCUT2D eigenvalue weighted by atomic mass is 10.00. The van der Waals surface area contributed by atoms with Crippen molar-refractivity contribution in [3.05, 3.63) is 64.7 Å². The number of aryl methyl sites for hydroxylation is 1. The molecule has 0 bridgehead atoms. The van der Waals surface area contributed by atoms with Crippen LogP contribution >= 0.6 is 11.8 Å². The summed E-state index contributed by atoms with van der Waals surface area (Å²) in [4.78, 5) is 29.4. The lowest BCUT2D eigenvalue weighted by Crippen LogP contribution is -2.51. The normalized spacial score (nSPS) is 23.3. The Morgan fingerprint density at radius 1 is 1.16 bits per heavy atom. The number of hydrogen-bond donors (Lipinski definition) is 0. The van der Waals surface area contributed by atoms with Crippen LogP contribution in [0.5, 0.6) is 0 Å². The topological polar surface area (TPSA) is 40.6 Å². The molecule has 4 nitrogen and oxygen atoms in total. The molecule has 2 heterocycles. The maximum Gasteiger partial charge on any atom is 0.268 e. The van der Waals surface area contributed by atoms with E-state index < -0.39 is 16.5 Å². The van der Waals surface area contributed by atoms with Crippen LogP contribution in [0.15, 0.2) is 36.4 Å². The van der Waals surface area contributed by atoms with E-state index in [1.54, 1.807) is 4.90 Å². The van der Waals surface area contributed by atoms with Crippen molar-refractivity contribution in [2.75, 3.05) is 17.2 Å². The molecule has 2 fully saturated rings. The van der Waals surface area contributed by atoms with Gasteiger partial charge in [0, 0.05) is 29.3 Å². The van der Waals surface area contributed by atoms with Crippen molar-refractivity contribution in [3.63, 3.8) is 0 Å². The molecule has 7 heteroatoms. The third kappa shape index (κ3) is 3.08. The van der Waals surface area contributed by atoms with Gasteiger partial charge in [-0.25, -0.2) is 8.78 Å². The zero-order valence-corrected chi connectivity index (χ0v) is 18.2. The van der Waals surface area contributed by atoms with Crippen molar-refractivity contribution >= 4 is 29.3 Å². The molecule has 0 radical (unpaired) electrons. The van der Waals surface area contributed by atoms with Crippen LogP contribution in [0.2, 0.25) is 0 Å². The van der Waals surface area contributed by atoms with Crippen molar-refractivity contribution in [1.29, 1.82) is 0 Å². The summed E-state index contributed by atoms with van der Waals surface area (Å²) in [6, 6.07) is 9.37. The van der Waals surface area contributed by atoms with Gasteiger partial charge in [0.2, 0.25) is 5.91 Å². The largest absolute Gasteiger partial charge is 0.315 e. The van der Waals surface area contributed by atoms with Gasteiger partial charge in [0.1, 0.15) is 11.6 Å². The summed E-state index contributed by atoms with van der Waals surface area (Å²) in [7, 11) is 0. The molecule has 1 aliphatic carbocycles. The van der Waals surface area contributed by atoms with Crippen LogP contribution in [-0.2, 0) is 21.0 Å². The molecule has 1 saturated heterocycles. The second-order valence-electron chi connectivity index (χ2n) is 8.58. The highest BCUT2D eigenvalue weighted by Crippen LogP contribution is 2.55. The zero-order chi connectivity index (χ0) is 21.8. The van der Waals surface area contributed by atoms with Crippen LogP contribution in [0.4, 0.5) is 14.5 Å². The van der Waals surface area contributed by atoms with Crippen LogP contribution < -0.4 is 4.90 Å². The van der Waals surface area contributed by atoms with E-state index in [2.05, 4.69) is 0 Å². The molecular weight excluding hydrogens is 418 g/mol. The van der Waals surface area contributed by atoms with E-state index in [4.69, 9.17) is 0 Å². The molecule has 2 aliphatic heterocycles. The average molecular weight is 443 g/mol. The Balaban J connectivity index is 1.60. The number of fused-ring (bicyclic) bond motifs is 2. The Labute approximate surface area is 184 Å². The number of carbonyl (C=O) groups is 2. The highest BCUT2D eigenvalue weighted by molar-refractivity contribution is 8.01. The number of thioether (sulfide) groups is 1. The van der Waals surface area contributed by atoms with Crippen LogP contribution in [0.1, 0.15) is 42.4 Å². The summed E-state index contributed by atoms with van der Waals surface area (Å²) in [6.45, 7) is 2.24. The van der Waals surface area contributed by atoms with Gasteiger partial charge in [-0.15, -0.1) is 11.8 Å². The highest BCUT2D eigenvalue weighted by Gasteiger charge is 2.60. The third-order valence-corrected chi connectivity index (χ3v) is 8.12. The monoisotopic (exact) mass is 442 g/mol. The second-order valence-corrected chi connectivity index (χ2v) is 9.86. The number of carbonyl (C=O) groups excluding carboxylic acids is 2.